The van der Waals surface area contributed by atoms with E-state index in [4.69, 9.17) is 11.6 Å². The molecule has 0 bridgehead atoms. The number of hydrogen-bond acceptors (Lipinski definition) is 3. The molecule has 0 spiro atoms. The van der Waals surface area contributed by atoms with E-state index in [0.29, 0.717) is 16.9 Å². The van der Waals surface area contributed by atoms with Gasteiger partial charge in [0.05, 0.1) is 22.0 Å². The number of aryl methyl sites for hydroxylation is 1. The highest BCUT2D eigenvalue weighted by atomic mass is 35.5. The van der Waals surface area contributed by atoms with Crippen LogP contribution in [0.15, 0.2) is 30.6 Å². The standard InChI is InChI=1S/C14H13ClFN3O/c1-8-3-4-18-7-9(8)14(20)19-13-6-11(16)10(15)5-12(13)17-2/h3-7,17H,1-2H3,(H,19,20). The highest BCUT2D eigenvalue weighted by molar-refractivity contribution is 6.31. The van der Waals surface area contributed by atoms with Gasteiger partial charge in [0.15, 0.2) is 0 Å². The summed E-state index contributed by atoms with van der Waals surface area (Å²) in [5.74, 6) is -0.947. The summed E-state index contributed by atoms with van der Waals surface area (Å²) in [6.45, 7) is 1.80. The van der Waals surface area contributed by atoms with Crippen molar-refractivity contribution >= 4 is 28.9 Å². The number of benzene rings is 1. The number of carbonyl (C=O) groups excluding carboxylic acids is 1. The van der Waals surface area contributed by atoms with Crippen LogP contribution in [0.5, 0.6) is 0 Å². The Labute approximate surface area is 121 Å². The van der Waals surface area contributed by atoms with Crippen molar-refractivity contribution in [3.8, 4) is 0 Å². The summed E-state index contributed by atoms with van der Waals surface area (Å²) in [6.07, 6.45) is 3.07. The molecule has 0 aliphatic carbocycles. The highest BCUT2D eigenvalue weighted by Crippen LogP contribution is 2.28. The van der Waals surface area contributed by atoms with Gasteiger partial charge in [-0.05, 0) is 24.6 Å². The van der Waals surface area contributed by atoms with Crippen LogP contribution in [0.3, 0.4) is 0 Å². The van der Waals surface area contributed by atoms with Crippen LogP contribution < -0.4 is 10.6 Å². The van der Waals surface area contributed by atoms with Crippen molar-refractivity contribution in [1.29, 1.82) is 0 Å². The molecule has 2 rings (SSSR count). The average Bonchev–Trinajstić information content (AvgIpc) is 2.43. The second-order valence-corrected chi connectivity index (χ2v) is 4.61. The fourth-order valence-electron chi connectivity index (χ4n) is 1.75. The minimum atomic E-state index is -0.594. The fraction of sp³-hybridized carbons (Fsp3) is 0.143. The molecule has 0 aliphatic rings. The number of nitrogens with one attached hydrogen (secondary N) is 2. The summed E-state index contributed by atoms with van der Waals surface area (Å²) >= 11 is 5.71. The van der Waals surface area contributed by atoms with Crippen LogP contribution in [0.1, 0.15) is 15.9 Å². The van der Waals surface area contributed by atoms with Crippen LogP contribution in [0.4, 0.5) is 15.8 Å². The number of rotatable bonds is 3. The lowest BCUT2D eigenvalue weighted by Gasteiger charge is -2.12. The van der Waals surface area contributed by atoms with Crippen molar-refractivity contribution in [2.24, 2.45) is 0 Å². The van der Waals surface area contributed by atoms with Crippen molar-refractivity contribution < 1.29 is 9.18 Å². The summed E-state index contributed by atoms with van der Waals surface area (Å²) in [5.41, 5.74) is 2.08. The van der Waals surface area contributed by atoms with Gasteiger partial charge in [-0.25, -0.2) is 4.39 Å². The predicted octanol–water partition coefficient (Wildman–Crippen LogP) is 3.48. The third kappa shape index (κ3) is 2.88. The smallest absolute Gasteiger partial charge is 0.257 e. The van der Waals surface area contributed by atoms with Gasteiger partial charge in [-0.15, -0.1) is 0 Å². The van der Waals surface area contributed by atoms with Crippen molar-refractivity contribution in [2.45, 2.75) is 6.92 Å². The maximum atomic E-state index is 13.5. The van der Waals surface area contributed by atoms with Gasteiger partial charge in [0, 0.05) is 25.5 Å². The zero-order valence-corrected chi connectivity index (χ0v) is 11.8. The number of aromatic nitrogens is 1. The Kier molecular flexibility index (Phi) is 4.20. The first-order chi connectivity index (χ1) is 9.52. The van der Waals surface area contributed by atoms with Gasteiger partial charge in [0.25, 0.3) is 5.91 Å². The second kappa shape index (κ2) is 5.88. The number of amides is 1. The first-order valence-corrected chi connectivity index (χ1v) is 6.29. The monoisotopic (exact) mass is 293 g/mol. The molecule has 0 fully saturated rings. The SMILES string of the molecule is CNc1cc(Cl)c(F)cc1NC(=O)c1cnccc1C. The quantitative estimate of drug-likeness (QED) is 0.911. The van der Waals surface area contributed by atoms with E-state index in [9.17, 15) is 9.18 Å². The minimum Gasteiger partial charge on any atom is -0.386 e. The normalized spacial score (nSPS) is 10.2. The molecule has 104 valence electrons. The van der Waals surface area contributed by atoms with Gasteiger partial charge >= 0.3 is 0 Å². The molecule has 20 heavy (non-hydrogen) atoms. The lowest BCUT2D eigenvalue weighted by molar-refractivity contribution is 0.102. The Morgan fingerprint density at radius 3 is 2.75 bits per heavy atom. The van der Waals surface area contributed by atoms with E-state index in [1.807, 2.05) is 0 Å². The Balaban J connectivity index is 2.33. The molecule has 4 nitrogen and oxygen atoms in total. The predicted molar refractivity (Wildman–Crippen MR) is 77.9 cm³/mol. The Bertz CT molecular complexity index is 661. The molecule has 0 unspecified atom stereocenters. The number of halogens is 2. The van der Waals surface area contributed by atoms with Crippen molar-refractivity contribution in [3.05, 3.63) is 52.6 Å². The summed E-state index contributed by atoms with van der Waals surface area (Å²) in [7, 11) is 1.66. The van der Waals surface area contributed by atoms with Gasteiger partial charge in [0.2, 0.25) is 0 Å². The summed E-state index contributed by atoms with van der Waals surface area (Å²) in [5, 5.41) is 5.49. The molecule has 0 saturated heterocycles. The van der Waals surface area contributed by atoms with Gasteiger partial charge in [-0.3, -0.25) is 9.78 Å². The van der Waals surface area contributed by atoms with Gasteiger partial charge < -0.3 is 10.6 Å². The van der Waals surface area contributed by atoms with Crippen LogP contribution in [0.2, 0.25) is 5.02 Å². The highest BCUT2D eigenvalue weighted by Gasteiger charge is 2.13. The molecule has 0 radical (unpaired) electrons. The van der Waals surface area contributed by atoms with Crippen LogP contribution in [0.25, 0.3) is 0 Å². The van der Waals surface area contributed by atoms with Crippen LogP contribution in [-0.2, 0) is 0 Å². The molecule has 1 aromatic carbocycles. The molecule has 0 atom stereocenters. The Morgan fingerprint density at radius 2 is 2.10 bits per heavy atom. The van der Waals surface area contributed by atoms with Gasteiger partial charge in [0.1, 0.15) is 5.82 Å². The van der Waals surface area contributed by atoms with E-state index < -0.39 is 5.82 Å². The Morgan fingerprint density at radius 1 is 1.35 bits per heavy atom. The molecule has 6 heteroatoms. The number of anilines is 2. The summed E-state index contributed by atoms with van der Waals surface area (Å²) in [4.78, 5) is 16.1. The molecule has 2 aromatic rings. The number of nitrogens with zero attached hydrogens (tertiary/aromatic N) is 1. The van der Waals surface area contributed by atoms with E-state index in [1.165, 1.54) is 18.3 Å². The molecule has 1 aromatic heterocycles. The number of pyridine rings is 1. The third-order valence-corrected chi connectivity index (χ3v) is 3.15. The molecule has 0 aliphatic heterocycles. The average molecular weight is 294 g/mol. The van der Waals surface area contributed by atoms with Crippen LogP contribution in [-0.4, -0.2) is 17.9 Å². The first kappa shape index (κ1) is 14.3. The maximum absolute atomic E-state index is 13.5. The topological polar surface area (TPSA) is 54.0 Å². The Hall–Kier alpha value is -2.14. The second-order valence-electron chi connectivity index (χ2n) is 4.21. The summed E-state index contributed by atoms with van der Waals surface area (Å²) < 4.78 is 13.5. The van der Waals surface area contributed by atoms with E-state index in [2.05, 4.69) is 15.6 Å². The van der Waals surface area contributed by atoms with Gasteiger partial charge in [-0.2, -0.15) is 0 Å². The molecule has 2 N–H and O–H groups in total. The minimum absolute atomic E-state index is 0.00935. The van der Waals surface area contributed by atoms with Crippen molar-refractivity contribution in [3.63, 3.8) is 0 Å². The van der Waals surface area contributed by atoms with Gasteiger partial charge in [-0.1, -0.05) is 11.6 Å². The molecular formula is C14H13ClFN3O. The number of carbonyl (C=O) groups is 1. The van der Waals surface area contributed by atoms with Crippen molar-refractivity contribution in [1.82, 2.24) is 4.98 Å². The maximum Gasteiger partial charge on any atom is 0.257 e. The van der Waals surface area contributed by atoms with Crippen LogP contribution >= 0.6 is 11.6 Å². The molecule has 1 heterocycles. The van der Waals surface area contributed by atoms with E-state index in [0.717, 1.165) is 5.56 Å². The molecule has 1 amide bonds. The first-order valence-electron chi connectivity index (χ1n) is 5.91. The van der Waals surface area contributed by atoms with E-state index in [1.54, 1.807) is 26.2 Å². The van der Waals surface area contributed by atoms with Crippen LogP contribution in [0, 0.1) is 12.7 Å². The van der Waals surface area contributed by atoms with E-state index in [-0.39, 0.29) is 10.9 Å². The zero-order chi connectivity index (χ0) is 14.7. The molecule has 0 saturated carbocycles. The lowest BCUT2D eigenvalue weighted by atomic mass is 10.1. The summed E-state index contributed by atoms with van der Waals surface area (Å²) in [6, 6.07) is 4.33. The third-order valence-electron chi connectivity index (χ3n) is 2.86. The van der Waals surface area contributed by atoms with E-state index >= 15 is 0 Å². The zero-order valence-electron chi connectivity index (χ0n) is 11.0. The largest absolute Gasteiger partial charge is 0.386 e. The number of hydrogen-bond donors (Lipinski definition) is 2. The lowest BCUT2D eigenvalue weighted by Crippen LogP contribution is -2.15. The fourth-order valence-corrected chi connectivity index (χ4v) is 1.91. The molecular weight excluding hydrogens is 281 g/mol. The van der Waals surface area contributed by atoms with Crippen molar-refractivity contribution in [2.75, 3.05) is 17.7 Å².